The molecule has 0 aromatic heterocycles. The van der Waals surface area contributed by atoms with Crippen LogP contribution in [0.4, 0.5) is 4.79 Å². The third kappa shape index (κ3) is 4.96. The highest BCUT2D eigenvalue weighted by atomic mass is 32.2. The van der Waals surface area contributed by atoms with Gasteiger partial charge in [-0.05, 0) is 26.0 Å². The number of benzene rings is 1. The van der Waals surface area contributed by atoms with Gasteiger partial charge >= 0.3 is 12.0 Å². The number of esters is 1. The van der Waals surface area contributed by atoms with E-state index in [0.717, 1.165) is 0 Å². The van der Waals surface area contributed by atoms with Crippen LogP contribution in [0.5, 0.6) is 0 Å². The number of imide groups is 1. The van der Waals surface area contributed by atoms with Crippen LogP contribution < -0.4 is 10.6 Å². The quantitative estimate of drug-likeness (QED) is 0.780. The second-order valence-electron chi connectivity index (χ2n) is 4.35. The van der Waals surface area contributed by atoms with Crippen LogP contribution in [-0.4, -0.2) is 41.0 Å². The molecular formula is C14H18N2O5S. The number of carbonyl (C=O) groups is 3. The Morgan fingerprint density at radius 2 is 1.91 bits per heavy atom. The number of amides is 3. The van der Waals surface area contributed by atoms with E-state index in [4.69, 9.17) is 4.74 Å². The molecule has 3 amide bonds. The summed E-state index contributed by atoms with van der Waals surface area (Å²) in [6.07, 6.45) is 0.283. The summed E-state index contributed by atoms with van der Waals surface area (Å²) >= 11 is 0. The van der Waals surface area contributed by atoms with E-state index in [-0.39, 0.29) is 5.56 Å². The summed E-state index contributed by atoms with van der Waals surface area (Å²) in [6, 6.07) is 5.61. The normalized spacial score (nSPS) is 12.9. The number of nitrogens with one attached hydrogen (secondary N) is 2. The van der Waals surface area contributed by atoms with Crippen LogP contribution in [0.3, 0.4) is 0 Å². The van der Waals surface area contributed by atoms with Crippen molar-refractivity contribution in [3.8, 4) is 0 Å². The van der Waals surface area contributed by atoms with Crippen molar-refractivity contribution in [2.24, 2.45) is 0 Å². The molecule has 1 aromatic carbocycles. The van der Waals surface area contributed by atoms with Gasteiger partial charge in [-0.3, -0.25) is 14.3 Å². The monoisotopic (exact) mass is 326 g/mol. The second kappa shape index (κ2) is 8.28. The number of rotatable bonds is 5. The van der Waals surface area contributed by atoms with Crippen LogP contribution in [0, 0.1) is 0 Å². The van der Waals surface area contributed by atoms with E-state index in [2.05, 4.69) is 5.32 Å². The van der Waals surface area contributed by atoms with Gasteiger partial charge < -0.3 is 10.1 Å². The molecule has 0 saturated heterocycles. The number of carbonyl (C=O) groups excluding carboxylic acids is 3. The molecule has 0 saturated carbocycles. The summed E-state index contributed by atoms with van der Waals surface area (Å²) in [7, 11) is -1.36. The van der Waals surface area contributed by atoms with Crippen molar-refractivity contribution in [1.29, 1.82) is 0 Å². The van der Waals surface area contributed by atoms with Crippen LogP contribution in [0.1, 0.15) is 24.2 Å². The SMILES string of the molecule is CCNC(=O)NC(=O)[C@@H](C)OC(=O)c1ccccc1[S@](C)=O. The molecule has 0 aliphatic rings. The van der Waals surface area contributed by atoms with E-state index in [0.29, 0.717) is 11.4 Å². The van der Waals surface area contributed by atoms with Crippen LogP contribution in [0.2, 0.25) is 0 Å². The molecule has 0 radical (unpaired) electrons. The molecule has 0 fully saturated rings. The van der Waals surface area contributed by atoms with Crippen molar-refractivity contribution >= 4 is 28.7 Å². The van der Waals surface area contributed by atoms with Gasteiger partial charge in [-0.15, -0.1) is 0 Å². The minimum absolute atomic E-state index is 0.126. The van der Waals surface area contributed by atoms with Gasteiger partial charge in [0.25, 0.3) is 5.91 Å². The van der Waals surface area contributed by atoms with Gasteiger partial charge in [0.2, 0.25) is 0 Å². The fourth-order valence-corrected chi connectivity index (χ4v) is 2.31. The third-order valence-electron chi connectivity index (χ3n) is 2.64. The fraction of sp³-hybridized carbons (Fsp3) is 0.357. The zero-order chi connectivity index (χ0) is 16.7. The van der Waals surface area contributed by atoms with Gasteiger partial charge in [-0.1, -0.05) is 12.1 Å². The molecule has 120 valence electrons. The standard InChI is InChI=1S/C14H18N2O5S/c1-4-15-14(19)16-12(17)9(2)21-13(18)10-7-5-6-8-11(10)22(3)20/h5-9H,4H2,1-3H3,(H2,15,16,17,19)/t9-,22+/m1/s1. The lowest BCUT2D eigenvalue weighted by molar-refractivity contribution is -0.127. The Labute approximate surface area is 130 Å². The Balaban J connectivity index is 2.74. The van der Waals surface area contributed by atoms with Crippen molar-refractivity contribution in [2.45, 2.75) is 24.8 Å². The van der Waals surface area contributed by atoms with Crippen LogP contribution in [-0.2, 0) is 20.3 Å². The maximum absolute atomic E-state index is 12.1. The topological polar surface area (TPSA) is 102 Å². The second-order valence-corrected chi connectivity index (χ2v) is 5.69. The number of urea groups is 1. The maximum Gasteiger partial charge on any atom is 0.340 e. The first-order valence-electron chi connectivity index (χ1n) is 6.59. The first kappa shape index (κ1) is 17.8. The van der Waals surface area contributed by atoms with E-state index in [1.54, 1.807) is 25.1 Å². The molecule has 0 unspecified atom stereocenters. The van der Waals surface area contributed by atoms with Crippen LogP contribution >= 0.6 is 0 Å². The smallest absolute Gasteiger partial charge is 0.340 e. The van der Waals surface area contributed by atoms with Gasteiger partial charge in [-0.2, -0.15) is 0 Å². The predicted molar refractivity (Wildman–Crippen MR) is 80.9 cm³/mol. The fourth-order valence-electron chi connectivity index (χ4n) is 1.58. The average molecular weight is 326 g/mol. The molecule has 1 aromatic rings. The molecule has 2 N–H and O–H groups in total. The van der Waals surface area contributed by atoms with Crippen molar-refractivity contribution in [2.75, 3.05) is 12.8 Å². The van der Waals surface area contributed by atoms with Crippen LogP contribution in [0.25, 0.3) is 0 Å². The third-order valence-corrected chi connectivity index (χ3v) is 3.62. The van der Waals surface area contributed by atoms with Gasteiger partial charge in [0.05, 0.1) is 21.3 Å². The molecule has 0 aliphatic carbocycles. The highest BCUT2D eigenvalue weighted by Crippen LogP contribution is 2.14. The van der Waals surface area contributed by atoms with Gasteiger partial charge in [-0.25, -0.2) is 9.59 Å². The lowest BCUT2D eigenvalue weighted by atomic mass is 10.2. The summed E-state index contributed by atoms with van der Waals surface area (Å²) in [6.45, 7) is 3.41. The van der Waals surface area contributed by atoms with E-state index in [1.165, 1.54) is 19.2 Å². The summed E-state index contributed by atoms with van der Waals surface area (Å²) < 4.78 is 16.6. The summed E-state index contributed by atoms with van der Waals surface area (Å²) in [4.78, 5) is 35.3. The van der Waals surface area contributed by atoms with Crippen molar-refractivity contribution in [3.05, 3.63) is 29.8 Å². The van der Waals surface area contributed by atoms with E-state index >= 15 is 0 Å². The highest BCUT2D eigenvalue weighted by Gasteiger charge is 2.22. The first-order chi connectivity index (χ1) is 10.4. The van der Waals surface area contributed by atoms with Crippen molar-refractivity contribution in [1.82, 2.24) is 10.6 Å². The molecule has 1 rings (SSSR count). The maximum atomic E-state index is 12.1. The Morgan fingerprint density at radius 1 is 1.27 bits per heavy atom. The molecular weight excluding hydrogens is 308 g/mol. The molecule has 7 nitrogen and oxygen atoms in total. The summed E-state index contributed by atoms with van der Waals surface area (Å²) in [5.41, 5.74) is 0.126. The number of ether oxygens (including phenoxy) is 1. The molecule has 22 heavy (non-hydrogen) atoms. The predicted octanol–water partition coefficient (Wildman–Crippen LogP) is 0.815. The van der Waals surface area contributed by atoms with E-state index in [1.807, 2.05) is 5.32 Å². The Bertz CT molecular complexity index is 603. The zero-order valence-corrected chi connectivity index (χ0v) is 13.4. The highest BCUT2D eigenvalue weighted by molar-refractivity contribution is 7.84. The van der Waals surface area contributed by atoms with Crippen molar-refractivity contribution in [3.63, 3.8) is 0 Å². The van der Waals surface area contributed by atoms with Gasteiger partial charge in [0.15, 0.2) is 6.10 Å². The number of hydrogen-bond donors (Lipinski definition) is 2. The largest absolute Gasteiger partial charge is 0.449 e. The molecule has 8 heteroatoms. The molecule has 0 bridgehead atoms. The molecule has 0 heterocycles. The Kier molecular flexibility index (Phi) is 6.71. The average Bonchev–Trinajstić information content (AvgIpc) is 2.47. The Morgan fingerprint density at radius 3 is 2.50 bits per heavy atom. The molecule has 0 spiro atoms. The molecule has 0 aliphatic heterocycles. The number of hydrogen-bond acceptors (Lipinski definition) is 5. The lowest BCUT2D eigenvalue weighted by Gasteiger charge is -2.14. The minimum Gasteiger partial charge on any atom is -0.449 e. The van der Waals surface area contributed by atoms with Crippen LogP contribution in [0.15, 0.2) is 29.2 Å². The summed E-state index contributed by atoms with van der Waals surface area (Å²) in [5.74, 6) is -1.52. The van der Waals surface area contributed by atoms with Gasteiger partial charge in [0.1, 0.15) is 0 Å². The summed E-state index contributed by atoms with van der Waals surface area (Å²) in [5, 5.41) is 4.44. The van der Waals surface area contributed by atoms with Gasteiger partial charge in [0, 0.05) is 12.8 Å². The first-order valence-corrected chi connectivity index (χ1v) is 8.14. The van der Waals surface area contributed by atoms with E-state index in [9.17, 15) is 18.6 Å². The lowest BCUT2D eigenvalue weighted by Crippen LogP contribution is -2.44. The van der Waals surface area contributed by atoms with Crippen molar-refractivity contribution < 1.29 is 23.3 Å². The molecule has 2 atom stereocenters. The zero-order valence-electron chi connectivity index (χ0n) is 12.5. The Hall–Kier alpha value is -2.22. The van der Waals surface area contributed by atoms with E-state index < -0.39 is 34.8 Å². The minimum atomic E-state index is -1.36.